The Morgan fingerprint density at radius 1 is 1.19 bits per heavy atom. The van der Waals surface area contributed by atoms with Gasteiger partial charge in [-0.2, -0.15) is 0 Å². The van der Waals surface area contributed by atoms with Gasteiger partial charge in [-0.05, 0) is 5.92 Å². The molecule has 0 aliphatic carbocycles. The molecule has 0 spiro atoms. The molecule has 0 radical (unpaired) electrons. The number of rotatable bonds is 9. The van der Waals surface area contributed by atoms with Gasteiger partial charge in [-0.3, -0.25) is 4.79 Å². The van der Waals surface area contributed by atoms with Crippen LogP contribution < -0.4 is 5.73 Å². The maximum absolute atomic E-state index is 11.8. The van der Waals surface area contributed by atoms with E-state index in [4.69, 9.17) is 15.2 Å². The molecule has 0 saturated heterocycles. The summed E-state index contributed by atoms with van der Waals surface area (Å²) in [6.45, 7) is 10.1. The topological polar surface area (TPSA) is 61.5 Å². The minimum absolute atomic E-state index is 0.140. The number of nitrogens with two attached hydrogens (primary N) is 1. The molecule has 0 aromatic rings. The van der Waals surface area contributed by atoms with Crippen LogP contribution in [0, 0.1) is 11.3 Å². The number of ether oxygens (including phenoxy) is 2. The van der Waals surface area contributed by atoms with E-state index in [1.807, 2.05) is 27.7 Å². The number of hydrogen-bond acceptors (Lipinski definition) is 4. The normalized spacial score (nSPS) is 12.1. The van der Waals surface area contributed by atoms with Crippen molar-refractivity contribution in [2.45, 2.75) is 27.7 Å². The fraction of sp³-hybridized carbons (Fsp3) is 0.917. The molecule has 0 amide bonds. The van der Waals surface area contributed by atoms with Crippen LogP contribution in [-0.4, -0.2) is 38.8 Å². The Balaban J connectivity index is 3.66. The van der Waals surface area contributed by atoms with Crippen molar-refractivity contribution < 1.29 is 14.3 Å². The second-order valence-electron chi connectivity index (χ2n) is 4.75. The fourth-order valence-corrected chi connectivity index (χ4v) is 0.976. The van der Waals surface area contributed by atoms with E-state index in [9.17, 15) is 4.79 Å². The van der Waals surface area contributed by atoms with Crippen molar-refractivity contribution >= 4 is 5.78 Å². The van der Waals surface area contributed by atoms with Crippen LogP contribution in [-0.2, 0) is 14.3 Å². The maximum atomic E-state index is 11.8. The molecule has 96 valence electrons. The van der Waals surface area contributed by atoms with E-state index in [-0.39, 0.29) is 17.8 Å². The molecule has 4 nitrogen and oxygen atoms in total. The zero-order valence-corrected chi connectivity index (χ0v) is 10.9. The molecule has 0 rings (SSSR count). The van der Waals surface area contributed by atoms with Gasteiger partial charge < -0.3 is 15.2 Å². The van der Waals surface area contributed by atoms with Crippen LogP contribution in [0.4, 0.5) is 0 Å². The molecule has 4 heteroatoms. The largest absolute Gasteiger partial charge is 0.378 e. The number of Topliss-reactive ketones (excluding diaryl/α,β-unsaturated/α-hetero) is 1. The van der Waals surface area contributed by atoms with Crippen LogP contribution in [0.2, 0.25) is 0 Å². The second-order valence-corrected chi connectivity index (χ2v) is 4.75. The summed E-state index contributed by atoms with van der Waals surface area (Å²) in [6.07, 6.45) is 0. The van der Waals surface area contributed by atoms with E-state index in [0.29, 0.717) is 32.3 Å². The number of carbonyl (C=O) groups is 1. The lowest BCUT2D eigenvalue weighted by Gasteiger charge is -2.27. The molecule has 0 fully saturated rings. The van der Waals surface area contributed by atoms with Gasteiger partial charge in [0.25, 0.3) is 0 Å². The van der Waals surface area contributed by atoms with Crippen molar-refractivity contribution in [3.63, 3.8) is 0 Å². The third kappa shape index (κ3) is 5.58. The molecule has 0 unspecified atom stereocenters. The summed E-state index contributed by atoms with van der Waals surface area (Å²) in [5, 5.41) is 0. The molecular formula is C12H25NO3. The van der Waals surface area contributed by atoms with Gasteiger partial charge in [0.15, 0.2) is 5.78 Å². The third-order valence-corrected chi connectivity index (χ3v) is 3.03. The average Bonchev–Trinajstić information content (AvgIpc) is 2.22. The smallest absolute Gasteiger partial charge is 0.164 e. The van der Waals surface area contributed by atoms with Crippen LogP contribution in [0.5, 0.6) is 0 Å². The molecule has 2 N–H and O–H groups in total. The molecule has 0 heterocycles. The highest BCUT2D eigenvalue weighted by Crippen LogP contribution is 2.26. The first-order valence-electron chi connectivity index (χ1n) is 5.81. The zero-order chi connectivity index (χ0) is 12.6. The summed E-state index contributed by atoms with van der Waals surface area (Å²) < 4.78 is 10.4. The third-order valence-electron chi connectivity index (χ3n) is 3.03. The Morgan fingerprint density at radius 3 is 2.25 bits per heavy atom. The highest BCUT2D eigenvalue weighted by atomic mass is 16.5. The zero-order valence-electron chi connectivity index (χ0n) is 10.9. The fourth-order valence-electron chi connectivity index (χ4n) is 0.976. The minimum atomic E-state index is -0.321. The lowest BCUT2D eigenvalue weighted by atomic mass is 9.78. The molecule has 0 aliphatic rings. The monoisotopic (exact) mass is 231 g/mol. The molecular weight excluding hydrogens is 206 g/mol. The summed E-state index contributed by atoms with van der Waals surface area (Å²) in [4.78, 5) is 11.8. The Kier molecular flexibility index (Phi) is 7.55. The van der Waals surface area contributed by atoms with E-state index >= 15 is 0 Å². The highest BCUT2D eigenvalue weighted by Gasteiger charge is 2.30. The summed E-state index contributed by atoms with van der Waals surface area (Å²) in [5.41, 5.74) is 4.94. The van der Waals surface area contributed by atoms with Crippen LogP contribution in [0.25, 0.3) is 0 Å². The first-order chi connectivity index (χ1) is 7.42. The van der Waals surface area contributed by atoms with Crippen LogP contribution in [0.15, 0.2) is 0 Å². The lowest BCUT2D eigenvalue weighted by molar-refractivity contribution is -0.134. The molecule has 0 atom stereocenters. The second kappa shape index (κ2) is 7.76. The van der Waals surface area contributed by atoms with Crippen molar-refractivity contribution in [2.24, 2.45) is 17.1 Å². The van der Waals surface area contributed by atoms with Gasteiger partial charge in [0.2, 0.25) is 0 Å². The Labute approximate surface area is 98.5 Å². The van der Waals surface area contributed by atoms with Gasteiger partial charge in [0.1, 0.15) is 6.61 Å². The van der Waals surface area contributed by atoms with Crippen LogP contribution in [0.1, 0.15) is 27.7 Å². The summed E-state index contributed by atoms with van der Waals surface area (Å²) in [7, 11) is 0. The van der Waals surface area contributed by atoms with Gasteiger partial charge in [0.05, 0.1) is 19.8 Å². The van der Waals surface area contributed by atoms with Crippen molar-refractivity contribution in [3.8, 4) is 0 Å². The van der Waals surface area contributed by atoms with E-state index in [2.05, 4.69) is 0 Å². The first kappa shape index (κ1) is 15.6. The van der Waals surface area contributed by atoms with Crippen molar-refractivity contribution in [2.75, 3.05) is 33.0 Å². The Morgan fingerprint density at radius 2 is 1.75 bits per heavy atom. The molecule has 0 saturated carbocycles. The lowest BCUT2D eigenvalue weighted by Crippen LogP contribution is -2.33. The van der Waals surface area contributed by atoms with Crippen molar-refractivity contribution in [3.05, 3.63) is 0 Å². The van der Waals surface area contributed by atoms with E-state index < -0.39 is 0 Å². The van der Waals surface area contributed by atoms with Gasteiger partial charge in [-0.25, -0.2) is 0 Å². The standard InChI is InChI=1S/C12H25NO3/c1-10(2)12(3,4)11(14)9-16-8-7-15-6-5-13/h10H,5-9,13H2,1-4H3. The highest BCUT2D eigenvalue weighted by molar-refractivity contribution is 5.85. The molecule has 0 aliphatic heterocycles. The van der Waals surface area contributed by atoms with Crippen LogP contribution in [0.3, 0.4) is 0 Å². The maximum Gasteiger partial charge on any atom is 0.164 e. The molecule has 16 heavy (non-hydrogen) atoms. The number of ketones is 1. The average molecular weight is 231 g/mol. The quantitative estimate of drug-likeness (QED) is 0.606. The first-order valence-corrected chi connectivity index (χ1v) is 5.81. The Hall–Kier alpha value is -0.450. The van der Waals surface area contributed by atoms with E-state index in [0.717, 1.165) is 0 Å². The van der Waals surface area contributed by atoms with Gasteiger partial charge in [-0.1, -0.05) is 27.7 Å². The summed E-state index contributed by atoms with van der Waals surface area (Å²) >= 11 is 0. The minimum Gasteiger partial charge on any atom is -0.378 e. The number of hydrogen-bond donors (Lipinski definition) is 1. The van der Waals surface area contributed by atoms with E-state index in [1.54, 1.807) is 0 Å². The number of carbonyl (C=O) groups excluding carboxylic acids is 1. The van der Waals surface area contributed by atoms with E-state index in [1.165, 1.54) is 0 Å². The SMILES string of the molecule is CC(C)C(C)(C)C(=O)COCCOCCN. The van der Waals surface area contributed by atoms with Crippen LogP contribution >= 0.6 is 0 Å². The van der Waals surface area contributed by atoms with Gasteiger partial charge >= 0.3 is 0 Å². The van der Waals surface area contributed by atoms with Crippen molar-refractivity contribution in [1.29, 1.82) is 0 Å². The summed E-state index contributed by atoms with van der Waals surface area (Å²) in [5.74, 6) is 0.457. The van der Waals surface area contributed by atoms with Gasteiger partial charge in [-0.15, -0.1) is 0 Å². The molecule has 0 aromatic heterocycles. The summed E-state index contributed by atoms with van der Waals surface area (Å²) in [6, 6.07) is 0. The predicted octanol–water partition coefficient (Wildman–Crippen LogP) is 1.23. The van der Waals surface area contributed by atoms with Gasteiger partial charge in [0, 0.05) is 12.0 Å². The molecule has 0 bridgehead atoms. The Bertz CT molecular complexity index is 202. The van der Waals surface area contributed by atoms with Crippen molar-refractivity contribution in [1.82, 2.24) is 0 Å². The predicted molar refractivity (Wildman–Crippen MR) is 64.3 cm³/mol. The molecule has 0 aromatic carbocycles.